The highest BCUT2D eigenvalue weighted by atomic mass is 16.5. The number of carbonyl (C=O) groups is 3. The van der Waals surface area contributed by atoms with Crippen LogP contribution >= 0.6 is 0 Å². The quantitative estimate of drug-likeness (QED) is 0.258. The first-order valence-electron chi connectivity index (χ1n) is 15.4. The summed E-state index contributed by atoms with van der Waals surface area (Å²) in [4.78, 5) is 41.0. The Labute approximate surface area is 260 Å². The molecule has 0 saturated carbocycles. The highest BCUT2D eigenvalue weighted by Crippen LogP contribution is 2.27. The Balaban J connectivity index is 0.000000249. The third-order valence-corrected chi connectivity index (χ3v) is 8.53. The van der Waals surface area contributed by atoms with Gasteiger partial charge in [-0.25, -0.2) is 4.79 Å². The molecular weight excluding hydrogens is 560 g/mol. The molecule has 2 aliphatic heterocycles. The largest absolute Gasteiger partial charge is 0.445 e. The predicted octanol–water partition coefficient (Wildman–Crippen LogP) is 4.90. The van der Waals surface area contributed by atoms with Crippen LogP contribution in [0.2, 0.25) is 0 Å². The second kappa shape index (κ2) is 16.3. The van der Waals surface area contributed by atoms with Gasteiger partial charge >= 0.3 is 6.09 Å². The maximum absolute atomic E-state index is 13.1. The molecule has 0 unspecified atom stereocenters. The molecule has 0 aromatic heterocycles. The Morgan fingerprint density at radius 3 is 1.84 bits per heavy atom. The van der Waals surface area contributed by atoms with E-state index in [9.17, 15) is 24.6 Å². The SMILES string of the molecule is C=CCOC(=O)Nc1cc(C)c(C)cc1C(=O)N1CCCC[C@H]1CO.Cc1cc(N)c(C(=O)N2CCCC[C@H]2CO)cc1C. The van der Waals surface area contributed by atoms with E-state index in [1.165, 1.54) is 6.08 Å². The van der Waals surface area contributed by atoms with Gasteiger partial charge in [-0.05, 0) is 113 Å². The van der Waals surface area contributed by atoms with Crippen molar-refractivity contribution in [2.45, 2.75) is 78.3 Å². The second-order valence-electron chi connectivity index (χ2n) is 11.7. The van der Waals surface area contributed by atoms with Crippen molar-refractivity contribution in [2.24, 2.45) is 0 Å². The van der Waals surface area contributed by atoms with Crippen LogP contribution in [-0.4, -0.2) is 82.9 Å². The first-order valence-corrected chi connectivity index (χ1v) is 15.4. The van der Waals surface area contributed by atoms with Crippen LogP contribution in [-0.2, 0) is 4.74 Å². The number of anilines is 2. The van der Waals surface area contributed by atoms with Gasteiger partial charge in [-0.1, -0.05) is 12.7 Å². The van der Waals surface area contributed by atoms with Gasteiger partial charge in [-0.15, -0.1) is 0 Å². The summed E-state index contributed by atoms with van der Waals surface area (Å²) < 4.78 is 4.95. The molecule has 0 spiro atoms. The molecule has 2 aromatic carbocycles. The molecule has 5 N–H and O–H groups in total. The summed E-state index contributed by atoms with van der Waals surface area (Å²) in [5.74, 6) is -0.236. The van der Waals surface area contributed by atoms with Crippen molar-refractivity contribution < 1.29 is 29.3 Å². The molecule has 2 fully saturated rings. The Morgan fingerprint density at radius 1 is 0.841 bits per heavy atom. The standard InChI is InChI=1S/C19H26N2O4.C15H22N2O2/c1-4-9-25-19(24)20-17-11-14(3)13(2)10-16(17)18(23)21-8-6-5-7-15(21)12-22;1-10-7-13(14(16)8-11(10)2)15(19)17-6-4-3-5-12(17)9-18/h4,10-11,15,22H,1,5-9,12H2,2-3H3,(H,20,24);7-8,12,18H,3-6,9,16H2,1-2H3/t15-;12-/m00/s1. The van der Waals surface area contributed by atoms with Crippen molar-refractivity contribution in [3.8, 4) is 0 Å². The second-order valence-corrected chi connectivity index (χ2v) is 11.7. The van der Waals surface area contributed by atoms with Crippen molar-refractivity contribution in [1.29, 1.82) is 0 Å². The number of likely N-dealkylation sites (tertiary alicyclic amines) is 2. The van der Waals surface area contributed by atoms with E-state index in [1.807, 2.05) is 39.8 Å². The molecule has 2 saturated heterocycles. The number of benzene rings is 2. The van der Waals surface area contributed by atoms with Gasteiger partial charge in [0.2, 0.25) is 0 Å². The zero-order valence-electron chi connectivity index (χ0n) is 26.5. The molecule has 0 bridgehead atoms. The smallest absolute Gasteiger partial charge is 0.411 e. The van der Waals surface area contributed by atoms with E-state index in [0.717, 1.165) is 60.8 Å². The van der Waals surface area contributed by atoms with Crippen molar-refractivity contribution in [1.82, 2.24) is 9.80 Å². The van der Waals surface area contributed by atoms with Crippen LogP contribution in [0.5, 0.6) is 0 Å². The number of carbonyl (C=O) groups excluding carboxylic acids is 3. The number of piperidine rings is 2. The third kappa shape index (κ3) is 8.60. The highest BCUT2D eigenvalue weighted by molar-refractivity contribution is 6.03. The van der Waals surface area contributed by atoms with E-state index in [-0.39, 0.29) is 43.7 Å². The molecule has 4 rings (SSSR count). The minimum Gasteiger partial charge on any atom is -0.445 e. The number of nitrogens with one attached hydrogen (secondary N) is 1. The Bertz CT molecular complexity index is 1340. The molecule has 2 atom stereocenters. The number of nitrogens with zero attached hydrogens (tertiary/aromatic N) is 2. The lowest BCUT2D eigenvalue weighted by molar-refractivity contribution is 0.0499. The van der Waals surface area contributed by atoms with Crippen LogP contribution < -0.4 is 11.1 Å². The average Bonchev–Trinajstić information content (AvgIpc) is 3.03. The van der Waals surface area contributed by atoms with Gasteiger partial charge < -0.3 is 30.5 Å². The summed E-state index contributed by atoms with van der Waals surface area (Å²) in [6, 6.07) is 7.02. The number of rotatable bonds is 7. The fraction of sp³-hybridized carbons (Fsp3) is 0.500. The number of amides is 3. The number of nitrogens with two attached hydrogens (primary N) is 1. The average molecular weight is 609 g/mol. The van der Waals surface area contributed by atoms with Gasteiger partial charge in [-0.3, -0.25) is 14.9 Å². The van der Waals surface area contributed by atoms with E-state index >= 15 is 0 Å². The van der Waals surface area contributed by atoms with E-state index < -0.39 is 6.09 Å². The Morgan fingerprint density at radius 2 is 1.32 bits per heavy atom. The Kier molecular flexibility index (Phi) is 12.8. The summed E-state index contributed by atoms with van der Waals surface area (Å²) >= 11 is 0. The monoisotopic (exact) mass is 608 g/mol. The summed E-state index contributed by atoms with van der Waals surface area (Å²) in [5, 5.41) is 21.6. The fourth-order valence-corrected chi connectivity index (χ4v) is 5.63. The first kappa shape index (κ1) is 34.6. The van der Waals surface area contributed by atoms with Gasteiger partial charge in [0, 0.05) is 18.8 Å². The number of nitrogen functional groups attached to an aromatic ring is 1. The van der Waals surface area contributed by atoms with Crippen LogP contribution in [0.3, 0.4) is 0 Å². The van der Waals surface area contributed by atoms with Crippen LogP contribution in [0.1, 0.15) is 81.5 Å². The number of hydrogen-bond acceptors (Lipinski definition) is 7. The normalized spacial score (nSPS) is 18.1. The maximum Gasteiger partial charge on any atom is 0.411 e. The zero-order chi connectivity index (χ0) is 32.4. The van der Waals surface area contributed by atoms with Crippen molar-refractivity contribution >= 4 is 29.3 Å². The minimum absolute atomic E-state index is 0.0243. The fourth-order valence-electron chi connectivity index (χ4n) is 5.63. The summed E-state index contributed by atoms with van der Waals surface area (Å²) in [5.41, 5.74) is 12.0. The molecule has 10 heteroatoms. The van der Waals surface area contributed by atoms with Crippen molar-refractivity contribution in [3.63, 3.8) is 0 Å². The minimum atomic E-state index is -0.630. The van der Waals surface area contributed by atoms with E-state index in [0.29, 0.717) is 35.6 Å². The lowest BCUT2D eigenvalue weighted by atomic mass is 9.98. The topological polar surface area (TPSA) is 145 Å². The van der Waals surface area contributed by atoms with Crippen molar-refractivity contribution in [2.75, 3.05) is 44.0 Å². The molecule has 10 nitrogen and oxygen atoms in total. The van der Waals surface area contributed by atoms with E-state index in [2.05, 4.69) is 11.9 Å². The van der Waals surface area contributed by atoms with Crippen LogP contribution in [0.4, 0.5) is 16.2 Å². The molecule has 44 heavy (non-hydrogen) atoms. The summed E-state index contributed by atoms with van der Waals surface area (Å²) in [6.45, 7) is 12.7. The molecule has 2 aromatic rings. The van der Waals surface area contributed by atoms with Gasteiger partial charge in [-0.2, -0.15) is 0 Å². The molecule has 3 amide bonds. The summed E-state index contributed by atoms with van der Waals surface area (Å²) in [7, 11) is 0. The lowest BCUT2D eigenvalue weighted by Gasteiger charge is -2.35. The zero-order valence-corrected chi connectivity index (χ0v) is 26.5. The number of aryl methyl sites for hydroxylation is 4. The van der Waals surface area contributed by atoms with Gasteiger partial charge in [0.15, 0.2) is 0 Å². The van der Waals surface area contributed by atoms with Crippen LogP contribution in [0.15, 0.2) is 36.9 Å². The Hall–Kier alpha value is -3.89. The number of hydrogen-bond donors (Lipinski definition) is 4. The third-order valence-electron chi connectivity index (χ3n) is 8.53. The number of aliphatic hydroxyl groups excluding tert-OH is 2. The van der Waals surface area contributed by atoms with Gasteiger partial charge in [0.25, 0.3) is 11.8 Å². The van der Waals surface area contributed by atoms with Crippen LogP contribution in [0, 0.1) is 27.7 Å². The molecule has 0 radical (unpaired) electrons. The van der Waals surface area contributed by atoms with Gasteiger partial charge in [0.1, 0.15) is 6.61 Å². The molecule has 2 heterocycles. The molecular formula is C34H48N4O6. The van der Waals surface area contributed by atoms with E-state index in [1.54, 1.807) is 21.9 Å². The lowest BCUT2D eigenvalue weighted by Crippen LogP contribution is -2.45. The van der Waals surface area contributed by atoms with Crippen molar-refractivity contribution in [3.05, 3.63) is 70.3 Å². The van der Waals surface area contributed by atoms with E-state index in [4.69, 9.17) is 10.5 Å². The molecule has 240 valence electrons. The maximum atomic E-state index is 13.1. The number of ether oxygens (including phenoxy) is 1. The van der Waals surface area contributed by atoms with Gasteiger partial charge in [0.05, 0.1) is 42.1 Å². The molecule has 2 aliphatic rings. The highest BCUT2D eigenvalue weighted by Gasteiger charge is 2.30. The molecule has 0 aliphatic carbocycles. The van der Waals surface area contributed by atoms with Crippen LogP contribution in [0.25, 0.3) is 0 Å². The summed E-state index contributed by atoms with van der Waals surface area (Å²) in [6.07, 6.45) is 6.48. The first-order chi connectivity index (χ1) is 21.0. The number of aliphatic hydroxyl groups is 2. The predicted molar refractivity (Wildman–Crippen MR) is 173 cm³/mol.